The number of nitrogens with two attached hydrogens (primary N) is 1. The quantitative estimate of drug-likeness (QED) is 0.837. The summed E-state index contributed by atoms with van der Waals surface area (Å²) in [5, 5.41) is 5.38. The molecule has 3 N–H and O–H groups in total. The molecule has 6 heteroatoms. The highest BCUT2D eigenvalue weighted by Gasteiger charge is 2.21. The normalized spacial score (nSPS) is 20.7. The molecule has 2 heterocycles. The topological polar surface area (TPSA) is 71.2 Å². The fourth-order valence-corrected chi connectivity index (χ4v) is 2.81. The second kappa shape index (κ2) is 5.57. The van der Waals surface area contributed by atoms with Crippen LogP contribution in [0.3, 0.4) is 0 Å². The van der Waals surface area contributed by atoms with Gasteiger partial charge in [0.05, 0.1) is 5.69 Å². The van der Waals surface area contributed by atoms with Crippen molar-refractivity contribution in [3.8, 4) is 0 Å². The number of anilines is 1. The molecule has 0 saturated carbocycles. The van der Waals surface area contributed by atoms with Gasteiger partial charge in [-0.2, -0.15) is 0 Å². The molecule has 1 unspecified atom stereocenters. The van der Waals surface area contributed by atoms with Crippen LogP contribution in [0, 0.1) is 5.92 Å². The molecule has 0 bridgehead atoms. The molecule has 1 aromatic rings. The minimum atomic E-state index is -0.0738. The number of carbonyl (C=O) groups is 1. The minimum absolute atomic E-state index is 0.0738. The van der Waals surface area contributed by atoms with Gasteiger partial charge >= 0.3 is 0 Å². The van der Waals surface area contributed by atoms with Crippen LogP contribution < -0.4 is 11.1 Å². The summed E-state index contributed by atoms with van der Waals surface area (Å²) in [4.78, 5) is 17.6. The SMILES string of the molecule is CC(=O)Nc1nc(CN2CCC(CN)C2)cs1. The van der Waals surface area contributed by atoms with E-state index in [0.717, 1.165) is 31.9 Å². The molecule has 0 spiro atoms. The molecule has 1 saturated heterocycles. The van der Waals surface area contributed by atoms with Gasteiger partial charge in [-0.05, 0) is 25.4 Å². The second-order valence-electron chi connectivity index (χ2n) is 4.45. The van der Waals surface area contributed by atoms with E-state index in [4.69, 9.17) is 5.73 Å². The standard InChI is InChI=1S/C11H18N4OS/c1-8(16)13-11-14-10(7-17-11)6-15-3-2-9(4-12)5-15/h7,9H,2-6,12H2,1H3,(H,13,14,16). The lowest BCUT2D eigenvalue weighted by atomic mass is 10.1. The number of likely N-dealkylation sites (tertiary alicyclic amines) is 1. The number of carbonyl (C=O) groups excluding carboxylic acids is 1. The van der Waals surface area contributed by atoms with Gasteiger partial charge in [0.15, 0.2) is 5.13 Å². The van der Waals surface area contributed by atoms with Crippen molar-refractivity contribution in [2.24, 2.45) is 11.7 Å². The van der Waals surface area contributed by atoms with Crippen LogP contribution in [-0.2, 0) is 11.3 Å². The Bertz CT molecular complexity index is 393. The average molecular weight is 254 g/mol. The van der Waals surface area contributed by atoms with Gasteiger partial charge in [0.1, 0.15) is 0 Å². The molecule has 0 aliphatic carbocycles. The predicted octanol–water partition coefficient (Wildman–Crippen LogP) is 0.882. The highest BCUT2D eigenvalue weighted by molar-refractivity contribution is 7.13. The van der Waals surface area contributed by atoms with E-state index in [1.165, 1.54) is 24.7 Å². The van der Waals surface area contributed by atoms with Crippen molar-refractivity contribution in [1.29, 1.82) is 0 Å². The Morgan fingerprint density at radius 2 is 2.59 bits per heavy atom. The first-order valence-corrected chi connectivity index (χ1v) is 6.69. The van der Waals surface area contributed by atoms with Crippen LogP contribution in [0.25, 0.3) is 0 Å². The second-order valence-corrected chi connectivity index (χ2v) is 5.31. The van der Waals surface area contributed by atoms with Crippen molar-refractivity contribution in [2.75, 3.05) is 25.0 Å². The molecule has 17 heavy (non-hydrogen) atoms. The Kier molecular flexibility index (Phi) is 4.09. The Hall–Kier alpha value is -0.980. The predicted molar refractivity (Wildman–Crippen MR) is 68.9 cm³/mol. The summed E-state index contributed by atoms with van der Waals surface area (Å²) in [6.07, 6.45) is 1.18. The fourth-order valence-electron chi connectivity index (χ4n) is 2.07. The number of nitrogens with one attached hydrogen (secondary N) is 1. The summed E-state index contributed by atoms with van der Waals surface area (Å²) in [6, 6.07) is 0. The van der Waals surface area contributed by atoms with Crippen molar-refractivity contribution in [3.05, 3.63) is 11.1 Å². The van der Waals surface area contributed by atoms with Crippen LogP contribution in [0.2, 0.25) is 0 Å². The molecular weight excluding hydrogens is 236 g/mol. The van der Waals surface area contributed by atoms with E-state index in [0.29, 0.717) is 11.0 Å². The number of amides is 1. The molecule has 2 rings (SSSR count). The van der Waals surface area contributed by atoms with Crippen molar-refractivity contribution in [1.82, 2.24) is 9.88 Å². The first kappa shape index (κ1) is 12.5. The van der Waals surface area contributed by atoms with Gasteiger partial charge in [-0.25, -0.2) is 4.98 Å². The zero-order valence-electron chi connectivity index (χ0n) is 9.98. The lowest BCUT2D eigenvalue weighted by Crippen LogP contribution is -2.22. The zero-order valence-corrected chi connectivity index (χ0v) is 10.8. The molecule has 0 radical (unpaired) electrons. The summed E-state index contributed by atoms with van der Waals surface area (Å²) >= 11 is 1.47. The van der Waals surface area contributed by atoms with Gasteiger partial charge in [0, 0.05) is 25.4 Å². The van der Waals surface area contributed by atoms with Crippen LogP contribution >= 0.6 is 11.3 Å². The third-order valence-electron chi connectivity index (χ3n) is 2.92. The molecular formula is C11H18N4OS. The number of aromatic nitrogens is 1. The maximum Gasteiger partial charge on any atom is 0.223 e. The van der Waals surface area contributed by atoms with Crippen LogP contribution in [-0.4, -0.2) is 35.4 Å². The Balaban J connectivity index is 1.87. The molecule has 1 atom stereocenters. The smallest absolute Gasteiger partial charge is 0.223 e. The minimum Gasteiger partial charge on any atom is -0.330 e. The van der Waals surface area contributed by atoms with Crippen molar-refractivity contribution < 1.29 is 4.79 Å². The van der Waals surface area contributed by atoms with E-state index in [9.17, 15) is 4.79 Å². The van der Waals surface area contributed by atoms with E-state index in [1.54, 1.807) is 0 Å². The van der Waals surface area contributed by atoms with E-state index in [2.05, 4.69) is 15.2 Å². The third-order valence-corrected chi connectivity index (χ3v) is 3.73. The van der Waals surface area contributed by atoms with Crippen molar-refractivity contribution >= 4 is 22.4 Å². The molecule has 1 amide bonds. The lowest BCUT2D eigenvalue weighted by Gasteiger charge is -2.13. The monoisotopic (exact) mass is 254 g/mol. The molecule has 0 aromatic carbocycles. The number of nitrogens with zero attached hydrogens (tertiary/aromatic N) is 2. The molecule has 1 aromatic heterocycles. The zero-order chi connectivity index (χ0) is 12.3. The van der Waals surface area contributed by atoms with Gasteiger partial charge in [-0.3, -0.25) is 9.69 Å². The molecule has 94 valence electrons. The summed E-state index contributed by atoms with van der Waals surface area (Å²) in [5.41, 5.74) is 6.69. The lowest BCUT2D eigenvalue weighted by molar-refractivity contribution is -0.114. The van der Waals surface area contributed by atoms with Gasteiger partial charge in [0.25, 0.3) is 0 Å². The Labute approximate surface area is 105 Å². The number of hydrogen-bond donors (Lipinski definition) is 2. The Morgan fingerprint density at radius 3 is 3.24 bits per heavy atom. The molecule has 5 nitrogen and oxygen atoms in total. The largest absolute Gasteiger partial charge is 0.330 e. The highest BCUT2D eigenvalue weighted by Crippen LogP contribution is 2.20. The summed E-state index contributed by atoms with van der Waals surface area (Å²) in [7, 11) is 0. The van der Waals surface area contributed by atoms with Gasteiger partial charge < -0.3 is 11.1 Å². The molecule has 1 aliphatic heterocycles. The van der Waals surface area contributed by atoms with Crippen LogP contribution in [0.15, 0.2) is 5.38 Å². The van der Waals surface area contributed by atoms with E-state index in [1.807, 2.05) is 5.38 Å². The first-order chi connectivity index (χ1) is 8.17. The number of thiazole rings is 1. The molecule has 1 aliphatic rings. The number of rotatable bonds is 4. The van der Waals surface area contributed by atoms with Crippen molar-refractivity contribution in [3.63, 3.8) is 0 Å². The first-order valence-electron chi connectivity index (χ1n) is 5.82. The third kappa shape index (κ3) is 3.49. The Morgan fingerprint density at radius 1 is 1.76 bits per heavy atom. The van der Waals surface area contributed by atoms with Crippen LogP contribution in [0.4, 0.5) is 5.13 Å². The summed E-state index contributed by atoms with van der Waals surface area (Å²) < 4.78 is 0. The van der Waals surface area contributed by atoms with Crippen LogP contribution in [0.5, 0.6) is 0 Å². The summed E-state index contributed by atoms with van der Waals surface area (Å²) in [5.74, 6) is 0.554. The highest BCUT2D eigenvalue weighted by atomic mass is 32.1. The van der Waals surface area contributed by atoms with Crippen LogP contribution in [0.1, 0.15) is 19.0 Å². The fraction of sp³-hybridized carbons (Fsp3) is 0.636. The molecule has 1 fully saturated rings. The van der Waals surface area contributed by atoms with E-state index < -0.39 is 0 Å². The average Bonchev–Trinajstić information content (AvgIpc) is 2.88. The van der Waals surface area contributed by atoms with E-state index >= 15 is 0 Å². The maximum absolute atomic E-state index is 10.9. The number of hydrogen-bond acceptors (Lipinski definition) is 5. The van der Waals surface area contributed by atoms with Gasteiger partial charge in [0.2, 0.25) is 5.91 Å². The summed E-state index contributed by atoms with van der Waals surface area (Å²) in [6.45, 7) is 5.27. The van der Waals surface area contributed by atoms with Crippen molar-refractivity contribution in [2.45, 2.75) is 19.9 Å². The van der Waals surface area contributed by atoms with Gasteiger partial charge in [-0.15, -0.1) is 11.3 Å². The van der Waals surface area contributed by atoms with Gasteiger partial charge in [-0.1, -0.05) is 0 Å². The van der Waals surface area contributed by atoms with E-state index in [-0.39, 0.29) is 5.91 Å². The maximum atomic E-state index is 10.9.